The van der Waals surface area contributed by atoms with Gasteiger partial charge in [0.2, 0.25) is 0 Å². The van der Waals surface area contributed by atoms with Crippen molar-refractivity contribution in [2.75, 3.05) is 20.6 Å². The van der Waals surface area contributed by atoms with E-state index in [9.17, 15) is 4.79 Å². The number of amides is 1. The van der Waals surface area contributed by atoms with Crippen molar-refractivity contribution in [3.63, 3.8) is 0 Å². The first-order chi connectivity index (χ1) is 13.1. The molecule has 0 fully saturated rings. The zero-order chi connectivity index (χ0) is 19.1. The van der Waals surface area contributed by atoms with Gasteiger partial charge in [0, 0.05) is 22.1 Å². The Morgan fingerprint density at radius 3 is 2.48 bits per heavy atom. The minimum absolute atomic E-state index is 0.0212. The summed E-state index contributed by atoms with van der Waals surface area (Å²) >= 11 is 3.45. The lowest BCUT2D eigenvalue weighted by atomic mass is 10.1. The fraction of sp³-hybridized carbons (Fsp3) is 0.227. The highest BCUT2D eigenvalue weighted by Crippen LogP contribution is 2.28. The lowest BCUT2D eigenvalue weighted by molar-refractivity contribution is 0.0939. The van der Waals surface area contributed by atoms with Crippen molar-refractivity contribution in [2.24, 2.45) is 0 Å². The maximum absolute atomic E-state index is 12.8. The van der Waals surface area contributed by atoms with Crippen LogP contribution in [0.5, 0.6) is 0 Å². The van der Waals surface area contributed by atoms with Gasteiger partial charge in [-0.2, -0.15) is 0 Å². The van der Waals surface area contributed by atoms with E-state index in [4.69, 9.17) is 0 Å². The van der Waals surface area contributed by atoms with Crippen LogP contribution in [-0.4, -0.2) is 31.4 Å². The topological polar surface area (TPSA) is 32.3 Å². The van der Waals surface area contributed by atoms with Gasteiger partial charge in [0.15, 0.2) is 0 Å². The van der Waals surface area contributed by atoms with E-state index in [-0.39, 0.29) is 11.9 Å². The Bertz CT molecular complexity index is 848. The van der Waals surface area contributed by atoms with Gasteiger partial charge in [0.05, 0.1) is 11.6 Å². The smallest absolute Gasteiger partial charge is 0.252 e. The molecule has 0 radical (unpaired) electrons. The quantitative estimate of drug-likeness (QED) is 0.539. The number of benzene rings is 2. The van der Waals surface area contributed by atoms with Crippen LogP contribution in [0.3, 0.4) is 0 Å². The van der Waals surface area contributed by atoms with Gasteiger partial charge in [0.25, 0.3) is 5.91 Å². The zero-order valence-electron chi connectivity index (χ0n) is 15.6. The van der Waals surface area contributed by atoms with E-state index in [1.807, 2.05) is 56.6 Å². The molecule has 0 bridgehead atoms. The van der Waals surface area contributed by atoms with E-state index in [1.165, 1.54) is 10.4 Å². The Morgan fingerprint density at radius 1 is 1.04 bits per heavy atom. The van der Waals surface area contributed by atoms with Crippen LogP contribution in [0.1, 0.15) is 26.8 Å². The SMILES string of the molecule is CN(C)C(CNC(=O)c1ccccc1SCc1cccs1)c1ccccc1. The van der Waals surface area contributed by atoms with E-state index in [1.54, 1.807) is 23.1 Å². The third kappa shape index (κ3) is 5.45. The van der Waals surface area contributed by atoms with Crippen LogP contribution in [-0.2, 0) is 5.75 Å². The van der Waals surface area contributed by atoms with Gasteiger partial charge in [-0.05, 0) is 43.2 Å². The zero-order valence-corrected chi connectivity index (χ0v) is 17.2. The average Bonchev–Trinajstić information content (AvgIpc) is 3.21. The van der Waals surface area contributed by atoms with Crippen LogP contribution in [0.2, 0.25) is 0 Å². The van der Waals surface area contributed by atoms with Crippen molar-refractivity contribution >= 4 is 29.0 Å². The number of hydrogen-bond acceptors (Lipinski definition) is 4. The number of thiophene rings is 1. The molecule has 140 valence electrons. The molecule has 1 unspecified atom stereocenters. The number of nitrogens with zero attached hydrogens (tertiary/aromatic N) is 1. The minimum Gasteiger partial charge on any atom is -0.350 e. The molecular weight excluding hydrogens is 372 g/mol. The number of carbonyl (C=O) groups excluding carboxylic acids is 1. The van der Waals surface area contributed by atoms with Crippen LogP contribution in [0.15, 0.2) is 77.0 Å². The van der Waals surface area contributed by atoms with Crippen molar-refractivity contribution in [3.05, 3.63) is 88.1 Å². The van der Waals surface area contributed by atoms with Crippen molar-refractivity contribution in [1.29, 1.82) is 0 Å². The van der Waals surface area contributed by atoms with Crippen LogP contribution >= 0.6 is 23.1 Å². The van der Waals surface area contributed by atoms with Gasteiger partial charge in [0.1, 0.15) is 0 Å². The van der Waals surface area contributed by atoms with Crippen LogP contribution < -0.4 is 5.32 Å². The second kappa shape index (κ2) is 9.74. The monoisotopic (exact) mass is 396 g/mol. The lowest BCUT2D eigenvalue weighted by Crippen LogP contribution is -2.34. The second-order valence-electron chi connectivity index (χ2n) is 6.46. The maximum atomic E-state index is 12.8. The van der Waals surface area contributed by atoms with Crippen molar-refractivity contribution in [2.45, 2.75) is 16.7 Å². The molecule has 0 saturated carbocycles. The summed E-state index contributed by atoms with van der Waals surface area (Å²) in [5, 5.41) is 5.20. The Morgan fingerprint density at radius 2 is 1.78 bits per heavy atom. The van der Waals surface area contributed by atoms with Gasteiger partial charge in [-0.1, -0.05) is 48.5 Å². The summed E-state index contributed by atoms with van der Waals surface area (Å²) in [5.74, 6) is 0.860. The van der Waals surface area contributed by atoms with Crippen molar-refractivity contribution < 1.29 is 4.79 Å². The molecule has 1 atom stereocenters. The molecule has 2 aromatic carbocycles. The Balaban J connectivity index is 1.67. The first-order valence-electron chi connectivity index (χ1n) is 8.89. The molecule has 0 spiro atoms. The summed E-state index contributed by atoms with van der Waals surface area (Å²) in [7, 11) is 4.07. The normalized spacial score (nSPS) is 12.1. The summed E-state index contributed by atoms with van der Waals surface area (Å²) in [5.41, 5.74) is 1.94. The van der Waals surface area contributed by atoms with E-state index < -0.39 is 0 Å². The van der Waals surface area contributed by atoms with Crippen LogP contribution in [0, 0.1) is 0 Å². The van der Waals surface area contributed by atoms with Crippen molar-refractivity contribution in [3.8, 4) is 0 Å². The van der Waals surface area contributed by atoms with Crippen LogP contribution in [0.25, 0.3) is 0 Å². The molecule has 1 aromatic heterocycles. The van der Waals surface area contributed by atoms with E-state index in [2.05, 4.69) is 39.9 Å². The third-order valence-corrected chi connectivity index (χ3v) is 6.53. The molecule has 5 heteroatoms. The average molecular weight is 397 g/mol. The highest BCUT2D eigenvalue weighted by molar-refractivity contribution is 7.98. The minimum atomic E-state index is -0.0212. The second-order valence-corrected chi connectivity index (χ2v) is 8.51. The van der Waals surface area contributed by atoms with Gasteiger partial charge < -0.3 is 10.2 Å². The lowest BCUT2D eigenvalue weighted by Gasteiger charge is -2.25. The first kappa shape index (κ1) is 19.7. The number of likely N-dealkylation sites (N-methyl/N-ethyl adjacent to an activating group) is 1. The first-order valence-corrected chi connectivity index (χ1v) is 10.8. The number of nitrogens with one attached hydrogen (secondary N) is 1. The third-order valence-electron chi connectivity index (χ3n) is 4.35. The Labute approximate surface area is 169 Å². The van der Waals surface area contributed by atoms with E-state index in [0.717, 1.165) is 16.2 Å². The summed E-state index contributed by atoms with van der Waals surface area (Å²) < 4.78 is 0. The summed E-state index contributed by atoms with van der Waals surface area (Å²) in [6, 6.07) is 22.4. The van der Waals surface area contributed by atoms with Gasteiger partial charge in [-0.15, -0.1) is 23.1 Å². The van der Waals surface area contributed by atoms with Gasteiger partial charge in [-0.3, -0.25) is 4.79 Å². The Hall–Kier alpha value is -2.08. The molecule has 0 aliphatic carbocycles. The van der Waals surface area contributed by atoms with Crippen molar-refractivity contribution in [1.82, 2.24) is 10.2 Å². The molecule has 0 saturated heterocycles. The molecule has 1 N–H and O–H groups in total. The fourth-order valence-corrected chi connectivity index (χ4v) is 4.71. The number of carbonyl (C=O) groups is 1. The van der Waals surface area contributed by atoms with Gasteiger partial charge in [-0.25, -0.2) is 0 Å². The van der Waals surface area contributed by atoms with Crippen LogP contribution in [0.4, 0.5) is 0 Å². The molecule has 3 rings (SSSR count). The summed E-state index contributed by atoms with van der Waals surface area (Å²) in [6.07, 6.45) is 0. The molecule has 0 aliphatic heterocycles. The fourth-order valence-electron chi connectivity index (χ4n) is 2.88. The molecule has 1 amide bonds. The predicted molar refractivity (Wildman–Crippen MR) is 116 cm³/mol. The Kier molecular flexibility index (Phi) is 7.10. The van der Waals surface area contributed by atoms with E-state index >= 15 is 0 Å². The molecule has 3 nitrogen and oxygen atoms in total. The highest BCUT2D eigenvalue weighted by Gasteiger charge is 2.17. The summed E-state index contributed by atoms with van der Waals surface area (Å²) in [4.78, 5) is 17.3. The standard InChI is InChI=1S/C22H24N2OS2/c1-24(2)20(17-9-4-3-5-10-17)15-23-22(25)19-12-6-7-13-21(19)27-16-18-11-8-14-26-18/h3-14,20H,15-16H2,1-2H3,(H,23,25). The maximum Gasteiger partial charge on any atom is 0.252 e. The molecule has 1 heterocycles. The highest BCUT2D eigenvalue weighted by atomic mass is 32.2. The number of rotatable bonds is 8. The largest absolute Gasteiger partial charge is 0.350 e. The summed E-state index contributed by atoms with van der Waals surface area (Å²) in [6.45, 7) is 0.569. The van der Waals surface area contributed by atoms with E-state index in [0.29, 0.717) is 6.54 Å². The molecule has 0 aliphatic rings. The molecular formula is C22H24N2OS2. The van der Waals surface area contributed by atoms with Gasteiger partial charge >= 0.3 is 0 Å². The number of hydrogen-bond donors (Lipinski definition) is 1. The molecule has 3 aromatic rings. The predicted octanol–water partition coefficient (Wildman–Crippen LogP) is 5.07. The number of thioether (sulfide) groups is 1. The molecule has 27 heavy (non-hydrogen) atoms.